The number of rotatable bonds is 5. The monoisotopic (exact) mass is 447 g/mol. The third-order valence-electron chi connectivity index (χ3n) is 5.11. The van der Waals surface area contributed by atoms with Crippen molar-refractivity contribution in [3.8, 4) is 17.0 Å². The largest absolute Gasteiger partial charge is 0.496 e. The van der Waals surface area contributed by atoms with Gasteiger partial charge in [0.15, 0.2) is 0 Å². The molecule has 1 N–H and O–H groups in total. The molecule has 1 aromatic carbocycles. The van der Waals surface area contributed by atoms with Crippen LogP contribution in [0.5, 0.6) is 5.75 Å². The Hall–Kier alpha value is -2.80. The molecule has 1 aromatic heterocycles. The SMILES string of the molecule is COc1c(C(C)N(C(=O)O)C(C)(C)C)cc(Cl)c(C)c1-c1cccc(C(=O)N(C)C)n1. The molecule has 7 nitrogen and oxygen atoms in total. The topological polar surface area (TPSA) is 83.0 Å². The number of carbonyl (C=O) groups is 2. The molecule has 2 amide bonds. The molecule has 0 radical (unpaired) electrons. The molecule has 0 spiro atoms. The molecule has 1 heterocycles. The number of hydrogen-bond donors (Lipinski definition) is 1. The van der Waals surface area contributed by atoms with E-state index in [0.717, 1.165) is 5.56 Å². The van der Waals surface area contributed by atoms with E-state index in [1.54, 1.807) is 45.3 Å². The molecule has 0 aliphatic heterocycles. The minimum atomic E-state index is -1.04. The molecule has 2 rings (SSSR count). The lowest BCUT2D eigenvalue weighted by Gasteiger charge is -2.39. The van der Waals surface area contributed by atoms with E-state index in [1.807, 2.05) is 27.7 Å². The second kappa shape index (κ2) is 9.14. The summed E-state index contributed by atoms with van der Waals surface area (Å²) in [5.41, 5.74) is 2.15. The zero-order chi connectivity index (χ0) is 23.7. The van der Waals surface area contributed by atoms with Crippen molar-refractivity contribution in [1.82, 2.24) is 14.8 Å². The van der Waals surface area contributed by atoms with E-state index in [-0.39, 0.29) is 5.91 Å². The number of benzene rings is 1. The highest BCUT2D eigenvalue weighted by molar-refractivity contribution is 6.32. The second-order valence-electron chi connectivity index (χ2n) is 8.59. The summed E-state index contributed by atoms with van der Waals surface area (Å²) in [5.74, 6) is 0.255. The molecule has 0 bridgehead atoms. The van der Waals surface area contributed by atoms with Crippen LogP contribution in [-0.2, 0) is 0 Å². The molecule has 31 heavy (non-hydrogen) atoms. The van der Waals surface area contributed by atoms with Crippen LogP contribution in [0.2, 0.25) is 5.02 Å². The van der Waals surface area contributed by atoms with Crippen molar-refractivity contribution >= 4 is 23.6 Å². The maximum absolute atomic E-state index is 12.4. The number of hydrogen-bond acceptors (Lipinski definition) is 4. The van der Waals surface area contributed by atoms with Crippen LogP contribution < -0.4 is 4.74 Å². The smallest absolute Gasteiger partial charge is 0.408 e. The number of methoxy groups -OCH3 is 1. The Morgan fingerprint density at radius 2 is 1.84 bits per heavy atom. The quantitative estimate of drug-likeness (QED) is 0.675. The first-order valence-electron chi connectivity index (χ1n) is 9.89. The van der Waals surface area contributed by atoms with E-state index in [1.165, 1.54) is 16.9 Å². The first-order valence-corrected chi connectivity index (χ1v) is 10.3. The molecular formula is C23H30ClN3O4. The second-order valence-corrected chi connectivity index (χ2v) is 9.00. The van der Waals surface area contributed by atoms with Gasteiger partial charge in [-0.1, -0.05) is 17.7 Å². The Morgan fingerprint density at radius 3 is 2.32 bits per heavy atom. The Kier molecular flexibility index (Phi) is 7.21. The molecule has 0 aliphatic rings. The van der Waals surface area contributed by atoms with Crippen molar-refractivity contribution in [2.75, 3.05) is 21.2 Å². The summed E-state index contributed by atoms with van der Waals surface area (Å²) in [6.07, 6.45) is -1.04. The molecule has 0 saturated carbocycles. The van der Waals surface area contributed by atoms with Crippen molar-refractivity contribution in [2.24, 2.45) is 0 Å². The van der Waals surface area contributed by atoms with E-state index in [4.69, 9.17) is 16.3 Å². The number of pyridine rings is 1. The first kappa shape index (κ1) is 24.5. The Bertz CT molecular complexity index is 999. The number of halogens is 1. The molecule has 0 saturated heterocycles. The van der Waals surface area contributed by atoms with Gasteiger partial charge in [-0.2, -0.15) is 0 Å². The normalized spacial score (nSPS) is 12.3. The predicted octanol–water partition coefficient (Wildman–Crippen LogP) is 5.26. The third-order valence-corrected chi connectivity index (χ3v) is 5.50. The number of nitrogens with zero attached hydrogens (tertiary/aromatic N) is 3. The molecule has 0 fully saturated rings. The average molecular weight is 448 g/mol. The summed E-state index contributed by atoms with van der Waals surface area (Å²) in [4.78, 5) is 31.8. The lowest BCUT2D eigenvalue weighted by Crippen LogP contribution is -2.46. The van der Waals surface area contributed by atoms with Crippen LogP contribution in [-0.4, -0.2) is 58.6 Å². The molecule has 168 valence electrons. The van der Waals surface area contributed by atoms with Crippen LogP contribution in [0.3, 0.4) is 0 Å². The fourth-order valence-electron chi connectivity index (χ4n) is 3.68. The molecule has 8 heteroatoms. The Labute approximate surface area is 188 Å². The summed E-state index contributed by atoms with van der Waals surface area (Å²) in [7, 11) is 4.85. The fraction of sp³-hybridized carbons (Fsp3) is 0.435. The lowest BCUT2D eigenvalue weighted by molar-refractivity contribution is 0.0744. The van der Waals surface area contributed by atoms with Gasteiger partial charge in [-0.25, -0.2) is 9.78 Å². The van der Waals surface area contributed by atoms with Crippen LogP contribution in [0, 0.1) is 6.92 Å². The van der Waals surface area contributed by atoms with Gasteiger partial charge in [-0.05, 0) is 58.4 Å². The molecule has 0 aliphatic carbocycles. The predicted molar refractivity (Wildman–Crippen MR) is 122 cm³/mol. The van der Waals surface area contributed by atoms with E-state index >= 15 is 0 Å². The van der Waals surface area contributed by atoms with Crippen LogP contribution >= 0.6 is 11.6 Å². The van der Waals surface area contributed by atoms with Gasteiger partial charge in [0.2, 0.25) is 0 Å². The maximum Gasteiger partial charge on any atom is 0.408 e. The summed E-state index contributed by atoms with van der Waals surface area (Å²) in [6.45, 7) is 9.14. The zero-order valence-electron chi connectivity index (χ0n) is 19.3. The van der Waals surface area contributed by atoms with Gasteiger partial charge in [-0.3, -0.25) is 9.69 Å². The standard InChI is InChI=1S/C23H30ClN3O4/c1-13-16(24)12-15(14(2)27(22(29)30)23(3,4)5)20(31-8)19(13)17-10-9-11-18(25-17)21(28)26(6)7/h9-12,14H,1-8H3,(H,29,30). The van der Waals surface area contributed by atoms with Gasteiger partial charge in [0.1, 0.15) is 11.4 Å². The molecule has 1 atom stereocenters. The van der Waals surface area contributed by atoms with Crippen molar-refractivity contribution in [3.05, 3.63) is 46.1 Å². The van der Waals surface area contributed by atoms with Crippen LogP contribution in [0.1, 0.15) is 55.4 Å². The maximum atomic E-state index is 12.4. The van der Waals surface area contributed by atoms with Crippen molar-refractivity contribution < 1.29 is 19.4 Å². The van der Waals surface area contributed by atoms with Gasteiger partial charge < -0.3 is 14.7 Å². The Balaban J connectivity index is 2.77. The van der Waals surface area contributed by atoms with Gasteiger partial charge in [0, 0.05) is 35.8 Å². The highest BCUT2D eigenvalue weighted by Crippen LogP contribution is 2.44. The van der Waals surface area contributed by atoms with Crippen LogP contribution in [0.4, 0.5) is 4.79 Å². The van der Waals surface area contributed by atoms with E-state index in [0.29, 0.717) is 33.3 Å². The van der Waals surface area contributed by atoms with Gasteiger partial charge in [-0.15, -0.1) is 0 Å². The Morgan fingerprint density at radius 1 is 1.23 bits per heavy atom. The average Bonchev–Trinajstić information content (AvgIpc) is 2.67. The minimum Gasteiger partial charge on any atom is -0.496 e. The highest BCUT2D eigenvalue weighted by Gasteiger charge is 2.34. The van der Waals surface area contributed by atoms with Crippen molar-refractivity contribution in [1.29, 1.82) is 0 Å². The van der Waals surface area contributed by atoms with Gasteiger partial charge >= 0.3 is 6.09 Å². The van der Waals surface area contributed by atoms with Gasteiger partial charge in [0.25, 0.3) is 5.91 Å². The number of ether oxygens (including phenoxy) is 1. The molecule has 1 unspecified atom stereocenters. The van der Waals surface area contributed by atoms with Crippen LogP contribution in [0.25, 0.3) is 11.3 Å². The molecule has 2 aromatic rings. The summed E-state index contributed by atoms with van der Waals surface area (Å²) in [6, 6.07) is 6.37. The minimum absolute atomic E-state index is 0.223. The van der Waals surface area contributed by atoms with E-state index in [2.05, 4.69) is 4.98 Å². The third kappa shape index (κ3) is 4.93. The van der Waals surface area contributed by atoms with Crippen molar-refractivity contribution in [2.45, 2.75) is 46.2 Å². The lowest BCUT2D eigenvalue weighted by atomic mass is 9.93. The fourth-order valence-corrected chi connectivity index (χ4v) is 3.89. The number of carboxylic acid groups (broad SMARTS) is 1. The van der Waals surface area contributed by atoms with E-state index in [9.17, 15) is 14.7 Å². The molecular weight excluding hydrogens is 418 g/mol. The first-order chi connectivity index (χ1) is 14.3. The van der Waals surface area contributed by atoms with E-state index < -0.39 is 17.7 Å². The number of aromatic nitrogens is 1. The number of amides is 2. The summed E-state index contributed by atoms with van der Waals surface area (Å²) < 4.78 is 5.76. The van der Waals surface area contributed by atoms with Crippen molar-refractivity contribution in [3.63, 3.8) is 0 Å². The van der Waals surface area contributed by atoms with Gasteiger partial charge in [0.05, 0.1) is 18.8 Å². The van der Waals surface area contributed by atoms with Crippen LogP contribution in [0.15, 0.2) is 24.3 Å². The zero-order valence-corrected chi connectivity index (χ0v) is 20.0. The summed E-state index contributed by atoms with van der Waals surface area (Å²) in [5, 5.41) is 10.3. The number of carbonyl (C=O) groups excluding carboxylic acids is 1. The summed E-state index contributed by atoms with van der Waals surface area (Å²) >= 11 is 6.57. The highest BCUT2D eigenvalue weighted by atomic mass is 35.5.